The Labute approximate surface area is 189 Å². The number of methoxy groups -OCH3 is 3. The van der Waals surface area contributed by atoms with Gasteiger partial charge in [0.2, 0.25) is 5.75 Å². The molecule has 0 fully saturated rings. The molecule has 168 valence electrons. The standard InChI is InChI=1S/C26H30N2O4/c1-28(18-21-12-8-9-13-22(21)19-10-6-5-7-11-19)26(29)27-17-16-20-14-15-23(30-2)25(32-4)24(20)31-3/h5-15H,16-18H2,1-4H3,(H,27,29). The predicted octanol–water partition coefficient (Wildman–Crippen LogP) is 4.76. The maximum atomic E-state index is 12.7. The van der Waals surface area contributed by atoms with Gasteiger partial charge in [0.1, 0.15) is 0 Å². The summed E-state index contributed by atoms with van der Waals surface area (Å²) in [7, 11) is 6.56. The summed E-state index contributed by atoms with van der Waals surface area (Å²) >= 11 is 0. The van der Waals surface area contributed by atoms with Crippen molar-refractivity contribution in [3.63, 3.8) is 0 Å². The molecule has 3 aromatic carbocycles. The minimum Gasteiger partial charge on any atom is -0.493 e. The number of hydrogen-bond donors (Lipinski definition) is 1. The molecule has 6 heteroatoms. The normalized spacial score (nSPS) is 10.4. The number of hydrogen-bond acceptors (Lipinski definition) is 4. The molecule has 0 saturated heterocycles. The molecule has 2 amide bonds. The molecule has 0 unspecified atom stereocenters. The molecule has 0 atom stereocenters. The number of amides is 2. The fourth-order valence-electron chi connectivity index (χ4n) is 3.68. The van der Waals surface area contributed by atoms with E-state index in [1.807, 2.05) is 42.5 Å². The number of ether oxygens (including phenoxy) is 3. The quantitative estimate of drug-likeness (QED) is 0.527. The van der Waals surface area contributed by atoms with Crippen LogP contribution in [0.3, 0.4) is 0 Å². The van der Waals surface area contributed by atoms with Gasteiger partial charge in [-0.05, 0) is 29.2 Å². The summed E-state index contributed by atoms with van der Waals surface area (Å²) in [4.78, 5) is 14.4. The Balaban J connectivity index is 1.62. The number of benzene rings is 3. The first kappa shape index (κ1) is 23.0. The van der Waals surface area contributed by atoms with E-state index in [0.29, 0.717) is 36.8 Å². The first-order valence-corrected chi connectivity index (χ1v) is 10.5. The molecule has 32 heavy (non-hydrogen) atoms. The highest BCUT2D eigenvalue weighted by atomic mass is 16.5. The smallest absolute Gasteiger partial charge is 0.317 e. The van der Waals surface area contributed by atoms with Gasteiger partial charge in [-0.2, -0.15) is 0 Å². The van der Waals surface area contributed by atoms with Crippen molar-refractivity contribution in [2.45, 2.75) is 13.0 Å². The van der Waals surface area contributed by atoms with Gasteiger partial charge in [-0.3, -0.25) is 0 Å². The third-order valence-corrected chi connectivity index (χ3v) is 5.31. The summed E-state index contributed by atoms with van der Waals surface area (Å²) in [6.45, 7) is 0.978. The van der Waals surface area contributed by atoms with Crippen molar-refractivity contribution in [2.75, 3.05) is 34.9 Å². The fourth-order valence-corrected chi connectivity index (χ4v) is 3.68. The number of nitrogens with one attached hydrogen (secondary N) is 1. The molecule has 0 heterocycles. The number of rotatable bonds is 9. The molecule has 0 radical (unpaired) electrons. The average molecular weight is 435 g/mol. The van der Waals surface area contributed by atoms with Crippen LogP contribution >= 0.6 is 0 Å². The Kier molecular flexibility index (Phi) is 7.97. The van der Waals surface area contributed by atoms with Crippen molar-refractivity contribution >= 4 is 6.03 Å². The molecule has 6 nitrogen and oxygen atoms in total. The van der Waals surface area contributed by atoms with Crippen molar-refractivity contribution in [3.05, 3.63) is 77.9 Å². The number of carbonyl (C=O) groups is 1. The molecule has 0 aliphatic heterocycles. The highest BCUT2D eigenvalue weighted by molar-refractivity contribution is 5.75. The van der Waals surface area contributed by atoms with Crippen LogP contribution in [0.1, 0.15) is 11.1 Å². The molecule has 3 rings (SSSR count). The van der Waals surface area contributed by atoms with Crippen molar-refractivity contribution in [2.24, 2.45) is 0 Å². The SMILES string of the molecule is COc1ccc(CCNC(=O)N(C)Cc2ccccc2-c2ccccc2)c(OC)c1OC. The Morgan fingerprint density at radius 2 is 1.50 bits per heavy atom. The minimum absolute atomic E-state index is 0.132. The van der Waals surface area contributed by atoms with Gasteiger partial charge in [-0.15, -0.1) is 0 Å². The van der Waals surface area contributed by atoms with Crippen LogP contribution in [0.2, 0.25) is 0 Å². The Bertz CT molecular complexity index is 1040. The summed E-state index contributed by atoms with van der Waals surface area (Å²) in [5.41, 5.74) is 4.29. The summed E-state index contributed by atoms with van der Waals surface area (Å²) in [6, 6.07) is 22.0. The number of carbonyl (C=O) groups excluding carboxylic acids is 1. The van der Waals surface area contributed by atoms with Crippen molar-refractivity contribution in [3.8, 4) is 28.4 Å². The van der Waals surface area contributed by atoms with E-state index in [-0.39, 0.29) is 6.03 Å². The Morgan fingerprint density at radius 1 is 0.812 bits per heavy atom. The van der Waals surface area contributed by atoms with Gasteiger partial charge in [-0.25, -0.2) is 4.79 Å². The largest absolute Gasteiger partial charge is 0.493 e. The second kappa shape index (κ2) is 11.1. The zero-order chi connectivity index (χ0) is 22.9. The van der Waals surface area contributed by atoms with E-state index in [2.05, 4.69) is 29.6 Å². The van der Waals surface area contributed by atoms with Crippen LogP contribution in [0.4, 0.5) is 4.79 Å². The van der Waals surface area contributed by atoms with Crippen LogP contribution < -0.4 is 19.5 Å². The lowest BCUT2D eigenvalue weighted by Crippen LogP contribution is -2.37. The van der Waals surface area contributed by atoms with Crippen molar-refractivity contribution in [1.82, 2.24) is 10.2 Å². The molecule has 0 aliphatic rings. The van der Waals surface area contributed by atoms with Crippen LogP contribution in [0.25, 0.3) is 11.1 Å². The van der Waals surface area contributed by atoms with E-state index in [0.717, 1.165) is 22.3 Å². The summed E-state index contributed by atoms with van der Waals surface area (Å²) in [5, 5.41) is 2.99. The Morgan fingerprint density at radius 3 is 2.19 bits per heavy atom. The molecular formula is C26H30N2O4. The lowest BCUT2D eigenvalue weighted by atomic mass is 9.99. The summed E-state index contributed by atoms with van der Waals surface area (Å²) < 4.78 is 16.3. The molecular weight excluding hydrogens is 404 g/mol. The van der Waals surface area contributed by atoms with Gasteiger partial charge in [-0.1, -0.05) is 60.7 Å². The molecule has 0 bridgehead atoms. The van der Waals surface area contributed by atoms with Crippen LogP contribution in [-0.4, -0.2) is 45.9 Å². The average Bonchev–Trinajstić information content (AvgIpc) is 2.84. The van der Waals surface area contributed by atoms with Crippen LogP contribution in [0.5, 0.6) is 17.2 Å². The van der Waals surface area contributed by atoms with Crippen LogP contribution in [-0.2, 0) is 13.0 Å². The fraction of sp³-hybridized carbons (Fsp3) is 0.269. The van der Waals surface area contributed by atoms with Gasteiger partial charge < -0.3 is 24.4 Å². The van der Waals surface area contributed by atoms with Gasteiger partial charge in [0, 0.05) is 25.7 Å². The van der Waals surface area contributed by atoms with E-state index in [4.69, 9.17) is 14.2 Å². The lowest BCUT2D eigenvalue weighted by molar-refractivity contribution is 0.207. The first-order chi connectivity index (χ1) is 15.6. The minimum atomic E-state index is -0.132. The molecule has 1 N–H and O–H groups in total. The zero-order valence-electron chi connectivity index (χ0n) is 19.1. The zero-order valence-corrected chi connectivity index (χ0v) is 19.1. The lowest BCUT2D eigenvalue weighted by Gasteiger charge is -2.20. The van der Waals surface area contributed by atoms with E-state index in [1.54, 1.807) is 33.3 Å². The van der Waals surface area contributed by atoms with Crippen LogP contribution in [0, 0.1) is 0 Å². The van der Waals surface area contributed by atoms with Gasteiger partial charge in [0.25, 0.3) is 0 Å². The van der Waals surface area contributed by atoms with E-state index < -0.39 is 0 Å². The van der Waals surface area contributed by atoms with Crippen LogP contribution in [0.15, 0.2) is 66.7 Å². The van der Waals surface area contributed by atoms with E-state index in [1.165, 1.54) is 0 Å². The van der Waals surface area contributed by atoms with Crippen molar-refractivity contribution < 1.29 is 19.0 Å². The number of urea groups is 1. The second-order valence-corrected chi connectivity index (χ2v) is 7.35. The predicted molar refractivity (Wildman–Crippen MR) is 127 cm³/mol. The molecule has 0 spiro atoms. The summed E-state index contributed by atoms with van der Waals surface area (Å²) in [6.07, 6.45) is 0.601. The van der Waals surface area contributed by atoms with Gasteiger partial charge in [0.15, 0.2) is 11.5 Å². The molecule has 0 aliphatic carbocycles. The van der Waals surface area contributed by atoms with Crippen molar-refractivity contribution in [1.29, 1.82) is 0 Å². The van der Waals surface area contributed by atoms with E-state index >= 15 is 0 Å². The van der Waals surface area contributed by atoms with E-state index in [9.17, 15) is 4.79 Å². The molecule has 0 aromatic heterocycles. The third kappa shape index (κ3) is 5.32. The van der Waals surface area contributed by atoms with Gasteiger partial charge >= 0.3 is 6.03 Å². The van der Waals surface area contributed by atoms with Gasteiger partial charge in [0.05, 0.1) is 21.3 Å². The molecule has 3 aromatic rings. The Hall–Kier alpha value is -3.67. The maximum absolute atomic E-state index is 12.7. The highest BCUT2D eigenvalue weighted by Gasteiger charge is 2.16. The molecule has 0 saturated carbocycles. The topological polar surface area (TPSA) is 60.0 Å². The third-order valence-electron chi connectivity index (χ3n) is 5.31. The second-order valence-electron chi connectivity index (χ2n) is 7.35. The first-order valence-electron chi connectivity index (χ1n) is 10.5. The monoisotopic (exact) mass is 434 g/mol. The maximum Gasteiger partial charge on any atom is 0.317 e. The highest BCUT2D eigenvalue weighted by Crippen LogP contribution is 2.39. The summed E-state index contributed by atoms with van der Waals surface area (Å²) in [5.74, 6) is 1.77. The number of nitrogens with zero attached hydrogens (tertiary/aromatic N) is 1.